The maximum absolute atomic E-state index is 7.13. The monoisotopic (exact) mass is 1160 g/mol. The van der Waals surface area contributed by atoms with Crippen molar-refractivity contribution in [3.05, 3.63) is 249 Å². The van der Waals surface area contributed by atoms with Crippen LogP contribution < -0.4 is 32.1 Å². The van der Waals surface area contributed by atoms with Gasteiger partial charge in [-0.1, -0.05) is 78.9 Å². The first kappa shape index (κ1) is 44.7. The van der Waals surface area contributed by atoms with Crippen LogP contribution in [0, 0.1) is 18.8 Å². The minimum Gasteiger partial charge on any atom is 0 e. The molecule has 71 heavy (non-hydrogen) atoms. The van der Waals surface area contributed by atoms with Crippen molar-refractivity contribution in [3.63, 3.8) is 0 Å². The predicted molar refractivity (Wildman–Crippen MR) is 291 cm³/mol. The van der Waals surface area contributed by atoms with Crippen molar-refractivity contribution in [1.29, 1.82) is 0 Å². The van der Waals surface area contributed by atoms with E-state index < -0.39 is 13.3 Å². The molecule has 11 aromatic rings. The van der Waals surface area contributed by atoms with Crippen LogP contribution in [0.4, 0.5) is 22.7 Å². The number of hydrogen-bond donors (Lipinski definition) is 0. The predicted octanol–water partition coefficient (Wildman–Crippen LogP) is 13.3. The maximum Gasteiger partial charge on any atom is 0 e. The molecule has 2 aromatic heterocycles. The van der Waals surface area contributed by atoms with E-state index in [0.717, 1.165) is 61.9 Å². The second-order valence-electron chi connectivity index (χ2n) is 19.2. The van der Waals surface area contributed by atoms with Crippen LogP contribution in [0.5, 0.6) is 11.5 Å². The van der Waals surface area contributed by atoms with Gasteiger partial charge in [0.15, 0.2) is 0 Å². The summed E-state index contributed by atoms with van der Waals surface area (Å²) in [5.41, 5.74) is 11.9. The molecule has 0 amide bonds. The summed E-state index contributed by atoms with van der Waals surface area (Å²) in [4.78, 5) is 9.62. The van der Waals surface area contributed by atoms with Crippen molar-refractivity contribution < 1.29 is 25.8 Å². The molecule has 0 aliphatic carbocycles. The number of pyridine rings is 1. The van der Waals surface area contributed by atoms with Crippen LogP contribution in [-0.2, 0) is 26.5 Å². The number of fused-ring (bicyclic) bond motifs is 1. The van der Waals surface area contributed by atoms with Gasteiger partial charge in [-0.3, -0.25) is 0 Å². The van der Waals surface area contributed by atoms with Gasteiger partial charge in [0.2, 0.25) is 0 Å². The summed E-state index contributed by atoms with van der Waals surface area (Å²) >= 11 is -3.67. The third-order valence-electron chi connectivity index (χ3n) is 14.2. The van der Waals surface area contributed by atoms with Crippen molar-refractivity contribution in [2.45, 2.75) is 26.2 Å². The number of ether oxygens (including phenoxy) is 1. The Labute approximate surface area is 432 Å². The summed E-state index contributed by atoms with van der Waals surface area (Å²) in [6.45, 7) is 8.96. The van der Waals surface area contributed by atoms with Gasteiger partial charge in [0.05, 0.1) is 0 Å². The molecule has 0 fully saturated rings. The second kappa shape index (κ2) is 17.8. The number of rotatable bonds is 9. The minimum atomic E-state index is -3.67. The summed E-state index contributed by atoms with van der Waals surface area (Å²) in [5.74, 6) is 2.11. The van der Waals surface area contributed by atoms with Crippen LogP contribution in [0.2, 0.25) is 0 Å². The Hall–Kier alpha value is -7.44. The van der Waals surface area contributed by atoms with E-state index >= 15 is 0 Å². The summed E-state index contributed by atoms with van der Waals surface area (Å²) in [5, 5.41) is 2.52. The summed E-state index contributed by atoms with van der Waals surface area (Å²) in [6, 6.07) is 86.2. The summed E-state index contributed by atoms with van der Waals surface area (Å²) in [6.07, 6.45) is 1.94. The molecule has 5 nitrogen and oxygen atoms in total. The van der Waals surface area contributed by atoms with Gasteiger partial charge in [-0.2, -0.15) is 0 Å². The first-order chi connectivity index (χ1) is 34.4. The van der Waals surface area contributed by atoms with Crippen molar-refractivity contribution in [2.24, 2.45) is 0 Å². The molecular weight excluding hydrogens is 1110 g/mol. The zero-order valence-electron chi connectivity index (χ0n) is 39.5. The SMILES string of the molecule is CC(C)(C)c1ccnc(-n2c3[c-]c(Oc4[c-]c(N5[CH-]N(c6c(-c7ccccc7)cccc6-c6ccccc6)c6ccccc65)ccc4)c[c]4c3c3[c](cccc32)[Ge]4([c]2ccccc2)[c]2ccccc2)c1.[Pt]. The fraction of sp³-hybridized carbons (Fsp3) is 0.0625. The molecule has 0 radical (unpaired) electrons. The molecule has 7 heteroatoms. The standard InChI is InChI=1S/C64H47GeN4O.Pt/c1-64(2,3)46-37-38-66-60(39-46)69-58-36-20-33-54-61(58)62-55(65(54,47-25-12-6-13-26-47)48-27-14-7-15-28-48)41-51(42-59(62)69)70-50-30-18-29-49(40-50)67-43-68(57-35-17-16-34-56(57)67)63-52(44-21-8-4-9-22-44)31-19-32-53(63)45-23-10-5-11-24-45;/h4-39,41,43H,1-3H3;/q-3;. The van der Waals surface area contributed by atoms with Crippen molar-refractivity contribution in [2.75, 3.05) is 9.80 Å². The smallest absolute Gasteiger partial charge is 0 e. The van der Waals surface area contributed by atoms with E-state index in [1.807, 2.05) is 12.3 Å². The number of nitrogens with zero attached hydrogens (tertiary/aromatic N) is 4. The minimum absolute atomic E-state index is 0. The number of benzene rings is 9. The first-order valence-electron chi connectivity index (χ1n) is 24.0. The van der Waals surface area contributed by atoms with Gasteiger partial charge in [-0.25, -0.2) is 0 Å². The molecule has 0 unspecified atom stereocenters. The first-order valence-corrected chi connectivity index (χ1v) is 28.1. The van der Waals surface area contributed by atoms with Crippen LogP contribution in [0.15, 0.2) is 225 Å². The molecule has 0 spiro atoms. The molecule has 0 N–H and O–H groups in total. The molecule has 0 bridgehead atoms. The average molecular weight is 1160 g/mol. The van der Waals surface area contributed by atoms with Gasteiger partial charge in [-0.15, -0.1) is 0 Å². The van der Waals surface area contributed by atoms with Crippen LogP contribution in [0.3, 0.4) is 0 Å². The summed E-state index contributed by atoms with van der Waals surface area (Å²) < 4.78 is 14.9. The topological polar surface area (TPSA) is 33.5 Å². The largest absolute Gasteiger partial charge is 0 e. The van der Waals surface area contributed by atoms with Crippen LogP contribution in [0.25, 0.3) is 49.9 Å². The van der Waals surface area contributed by atoms with Gasteiger partial charge in [0, 0.05) is 21.1 Å². The molecule has 0 saturated heterocycles. The molecule has 346 valence electrons. The molecule has 0 atom stereocenters. The Kier molecular flexibility index (Phi) is 11.2. The Morgan fingerprint density at radius 1 is 0.521 bits per heavy atom. The van der Waals surface area contributed by atoms with Crippen molar-refractivity contribution in [3.8, 4) is 39.6 Å². The quantitative estimate of drug-likeness (QED) is 0.107. The maximum atomic E-state index is 7.13. The van der Waals surface area contributed by atoms with E-state index in [4.69, 9.17) is 9.72 Å². The van der Waals surface area contributed by atoms with E-state index in [2.05, 4.69) is 266 Å². The Bertz CT molecular complexity index is 3680. The second-order valence-corrected chi connectivity index (χ2v) is 27.1. The molecular formula is C64H47GeN4OPt-3. The molecule has 2 aliphatic rings. The Balaban J connectivity index is 0.00000517. The van der Waals surface area contributed by atoms with E-state index in [9.17, 15) is 0 Å². The van der Waals surface area contributed by atoms with Crippen molar-refractivity contribution in [1.82, 2.24) is 9.55 Å². The van der Waals surface area contributed by atoms with Gasteiger partial charge >= 0.3 is 324 Å². The molecule has 4 heterocycles. The zero-order chi connectivity index (χ0) is 47.0. The number of anilines is 4. The fourth-order valence-electron chi connectivity index (χ4n) is 11.0. The number of aromatic nitrogens is 2. The van der Waals surface area contributed by atoms with Gasteiger partial charge < -0.3 is 0 Å². The number of para-hydroxylation sites is 3. The van der Waals surface area contributed by atoms with Gasteiger partial charge in [0.25, 0.3) is 0 Å². The average Bonchev–Trinajstić information content (AvgIpc) is 4.07. The third kappa shape index (κ3) is 7.28. The summed E-state index contributed by atoms with van der Waals surface area (Å²) in [7, 11) is 0. The number of hydrogen-bond acceptors (Lipinski definition) is 4. The Morgan fingerprint density at radius 3 is 1.73 bits per heavy atom. The van der Waals surface area contributed by atoms with E-state index in [1.54, 1.807) is 0 Å². The third-order valence-corrected chi connectivity index (χ3v) is 24.3. The molecule has 0 saturated carbocycles. The van der Waals surface area contributed by atoms with Crippen LogP contribution in [-0.4, -0.2) is 22.8 Å². The Morgan fingerprint density at radius 2 is 1.10 bits per heavy atom. The van der Waals surface area contributed by atoms with Crippen LogP contribution in [0.1, 0.15) is 26.3 Å². The zero-order valence-corrected chi connectivity index (χ0v) is 43.8. The molecule has 13 rings (SSSR count). The van der Waals surface area contributed by atoms with E-state index in [0.29, 0.717) is 11.5 Å². The van der Waals surface area contributed by atoms with Crippen LogP contribution >= 0.6 is 0 Å². The van der Waals surface area contributed by atoms with E-state index in [1.165, 1.54) is 33.9 Å². The van der Waals surface area contributed by atoms with Gasteiger partial charge in [0.1, 0.15) is 0 Å². The van der Waals surface area contributed by atoms with Gasteiger partial charge in [-0.05, 0) is 11.1 Å². The normalized spacial score (nSPS) is 13.5. The fourth-order valence-corrected chi connectivity index (χ4v) is 21.9. The molecule has 2 aliphatic heterocycles. The van der Waals surface area contributed by atoms with E-state index in [-0.39, 0.29) is 26.5 Å². The van der Waals surface area contributed by atoms with Crippen molar-refractivity contribution >= 4 is 75.4 Å². The molecule has 9 aromatic carbocycles.